The lowest BCUT2D eigenvalue weighted by Crippen LogP contribution is -2.35. The van der Waals surface area contributed by atoms with Gasteiger partial charge < -0.3 is 9.64 Å². The lowest BCUT2D eigenvalue weighted by Gasteiger charge is -2.22. The topological polar surface area (TPSA) is 45.7 Å². The summed E-state index contributed by atoms with van der Waals surface area (Å²) in [5, 5.41) is 2.09. The van der Waals surface area contributed by atoms with Crippen molar-refractivity contribution < 1.29 is 9.53 Å². The Labute approximate surface area is 153 Å². The largest absolute Gasteiger partial charge is 0.494 e. The van der Waals surface area contributed by atoms with E-state index in [1.807, 2.05) is 42.5 Å². The zero-order valence-corrected chi connectivity index (χ0v) is 15.7. The molecule has 0 atom stereocenters. The first-order valence-corrected chi connectivity index (χ1v) is 9.74. The Morgan fingerprint density at radius 3 is 2.88 bits per heavy atom. The molecule has 1 aromatic carbocycles. The van der Waals surface area contributed by atoms with Crippen LogP contribution in [0.25, 0.3) is 0 Å². The second-order valence-corrected chi connectivity index (χ2v) is 7.03. The van der Waals surface area contributed by atoms with Crippen LogP contribution in [0.5, 0.6) is 5.75 Å². The zero-order chi connectivity index (χ0) is 17.6. The van der Waals surface area contributed by atoms with Gasteiger partial charge in [-0.3, -0.25) is 9.69 Å². The molecule has 1 amide bonds. The van der Waals surface area contributed by atoms with Crippen molar-refractivity contribution in [2.75, 3.05) is 32.8 Å². The van der Waals surface area contributed by atoms with Crippen LogP contribution in [0.4, 0.5) is 0 Å². The van der Waals surface area contributed by atoms with Crippen LogP contribution in [0.15, 0.2) is 29.1 Å². The summed E-state index contributed by atoms with van der Waals surface area (Å²) in [7, 11) is 0. The molecule has 0 radical (unpaired) electrons. The molecule has 0 N–H and O–H groups in total. The Kier molecular flexibility index (Phi) is 6.04. The van der Waals surface area contributed by atoms with Gasteiger partial charge in [-0.2, -0.15) is 0 Å². The van der Waals surface area contributed by atoms with Crippen molar-refractivity contribution in [3.8, 4) is 5.75 Å². The van der Waals surface area contributed by atoms with Crippen LogP contribution >= 0.6 is 11.3 Å². The summed E-state index contributed by atoms with van der Waals surface area (Å²) in [6.07, 6.45) is 0.992. The first-order valence-electron chi connectivity index (χ1n) is 8.79. The molecule has 0 saturated carbocycles. The Balaban J connectivity index is 1.61. The first kappa shape index (κ1) is 17.9. The predicted octanol–water partition coefficient (Wildman–Crippen LogP) is 3.20. The van der Waals surface area contributed by atoms with Gasteiger partial charge in [0.1, 0.15) is 5.75 Å². The molecular formula is C19H25N3O2S. The van der Waals surface area contributed by atoms with Crippen LogP contribution < -0.4 is 4.74 Å². The molecule has 1 saturated heterocycles. The fourth-order valence-corrected chi connectivity index (χ4v) is 3.71. The Morgan fingerprint density at radius 1 is 1.28 bits per heavy atom. The van der Waals surface area contributed by atoms with Gasteiger partial charge in [0.2, 0.25) is 0 Å². The predicted molar refractivity (Wildman–Crippen MR) is 100 cm³/mol. The molecule has 0 spiro atoms. The number of carbonyl (C=O) groups excluding carboxylic acids is 1. The summed E-state index contributed by atoms with van der Waals surface area (Å²) < 4.78 is 5.56. The van der Waals surface area contributed by atoms with Crippen molar-refractivity contribution in [1.82, 2.24) is 14.8 Å². The molecule has 1 aliphatic rings. The van der Waals surface area contributed by atoms with Gasteiger partial charge in [0, 0.05) is 43.7 Å². The van der Waals surface area contributed by atoms with Crippen molar-refractivity contribution in [3.63, 3.8) is 0 Å². The summed E-state index contributed by atoms with van der Waals surface area (Å²) >= 11 is 1.63. The highest BCUT2D eigenvalue weighted by Crippen LogP contribution is 2.20. The molecule has 0 unspecified atom stereocenters. The van der Waals surface area contributed by atoms with Gasteiger partial charge in [-0.15, -0.1) is 11.3 Å². The van der Waals surface area contributed by atoms with Crippen molar-refractivity contribution >= 4 is 17.2 Å². The van der Waals surface area contributed by atoms with Gasteiger partial charge in [0.05, 0.1) is 17.8 Å². The quantitative estimate of drug-likeness (QED) is 0.822. The molecule has 6 heteroatoms. The van der Waals surface area contributed by atoms with Crippen molar-refractivity contribution in [3.05, 3.63) is 45.9 Å². The number of ether oxygens (including phenoxy) is 1. The molecule has 2 aromatic rings. The van der Waals surface area contributed by atoms with E-state index in [0.29, 0.717) is 6.61 Å². The smallest absolute Gasteiger partial charge is 0.253 e. The van der Waals surface area contributed by atoms with E-state index in [-0.39, 0.29) is 5.91 Å². The Hall–Kier alpha value is -1.92. The number of amides is 1. The minimum Gasteiger partial charge on any atom is -0.494 e. The van der Waals surface area contributed by atoms with E-state index in [1.54, 1.807) is 11.3 Å². The molecule has 2 heterocycles. The number of aryl methyl sites for hydroxylation is 1. The third-order valence-corrected chi connectivity index (χ3v) is 5.10. The Morgan fingerprint density at radius 2 is 2.16 bits per heavy atom. The molecule has 5 nitrogen and oxygen atoms in total. The number of hydrogen-bond donors (Lipinski definition) is 0. The molecule has 3 rings (SSSR count). The van der Waals surface area contributed by atoms with Gasteiger partial charge in [0.15, 0.2) is 0 Å². The zero-order valence-electron chi connectivity index (χ0n) is 14.9. The SMILES string of the molecule is CCOc1ccc(C(=O)N2CCCN(Cc3cscn3)CC2)cc1C. The fourth-order valence-electron chi connectivity index (χ4n) is 3.16. The average Bonchev–Trinajstić information content (AvgIpc) is 3.01. The van der Waals surface area contributed by atoms with E-state index in [4.69, 9.17) is 4.74 Å². The highest BCUT2D eigenvalue weighted by Gasteiger charge is 2.21. The lowest BCUT2D eigenvalue weighted by atomic mass is 10.1. The monoisotopic (exact) mass is 359 g/mol. The molecule has 1 aliphatic heterocycles. The maximum absolute atomic E-state index is 12.9. The standard InChI is InChI=1S/C19H25N3O2S/c1-3-24-18-6-5-16(11-15(18)2)19(23)22-8-4-7-21(9-10-22)12-17-13-25-14-20-17/h5-6,11,13-14H,3-4,7-10,12H2,1-2H3. The molecule has 0 bridgehead atoms. The number of thiazole rings is 1. The van der Waals surface area contributed by atoms with E-state index < -0.39 is 0 Å². The lowest BCUT2D eigenvalue weighted by molar-refractivity contribution is 0.0761. The molecule has 0 aliphatic carbocycles. The molecule has 1 aromatic heterocycles. The van der Waals surface area contributed by atoms with E-state index in [1.165, 1.54) is 0 Å². The number of rotatable bonds is 5. The summed E-state index contributed by atoms with van der Waals surface area (Å²) in [6, 6.07) is 5.71. The summed E-state index contributed by atoms with van der Waals surface area (Å²) in [5.41, 5.74) is 4.74. The maximum atomic E-state index is 12.9. The molecular weight excluding hydrogens is 334 g/mol. The minimum absolute atomic E-state index is 0.113. The van der Waals surface area contributed by atoms with E-state index >= 15 is 0 Å². The second-order valence-electron chi connectivity index (χ2n) is 6.31. The number of aromatic nitrogens is 1. The van der Waals surface area contributed by atoms with E-state index in [9.17, 15) is 4.79 Å². The highest BCUT2D eigenvalue weighted by molar-refractivity contribution is 7.07. The maximum Gasteiger partial charge on any atom is 0.253 e. The third kappa shape index (κ3) is 4.58. The molecule has 25 heavy (non-hydrogen) atoms. The summed E-state index contributed by atoms with van der Waals surface area (Å²) in [4.78, 5) is 21.6. The normalized spacial score (nSPS) is 15.8. The van der Waals surface area contributed by atoms with Crippen LogP contribution in [0.1, 0.15) is 35.0 Å². The fraction of sp³-hybridized carbons (Fsp3) is 0.474. The van der Waals surface area contributed by atoms with Crippen LogP contribution in [-0.2, 0) is 6.54 Å². The van der Waals surface area contributed by atoms with Gasteiger partial charge >= 0.3 is 0 Å². The van der Waals surface area contributed by atoms with Gasteiger partial charge in [-0.05, 0) is 44.0 Å². The van der Waals surface area contributed by atoms with Crippen LogP contribution in [0, 0.1) is 6.92 Å². The molecule has 134 valence electrons. The molecule has 1 fully saturated rings. The van der Waals surface area contributed by atoms with Crippen LogP contribution in [0.3, 0.4) is 0 Å². The van der Waals surface area contributed by atoms with E-state index in [2.05, 4.69) is 15.3 Å². The number of nitrogens with zero attached hydrogens (tertiary/aromatic N) is 3. The minimum atomic E-state index is 0.113. The number of benzene rings is 1. The number of hydrogen-bond acceptors (Lipinski definition) is 5. The van der Waals surface area contributed by atoms with Crippen molar-refractivity contribution in [2.24, 2.45) is 0 Å². The van der Waals surface area contributed by atoms with Crippen LogP contribution in [-0.4, -0.2) is 53.5 Å². The first-order chi connectivity index (χ1) is 12.2. The van der Waals surface area contributed by atoms with Crippen LogP contribution in [0.2, 0.25) is 0 Å². The second kappa shape index (κ2) is 8.45. The van der Waals surface area contributed by atoms with E-state index in [0.717, 1.165) is 61.7 Å². The number of carbonyl (C=O) groups is 1. The average molecular weight is 359 g/mol. The van der Waals surface area contributed by atoms with Gasteiger partial charge in [0.25, 0.3) is 5.91 Å². The third-order valence-electron chi connectivity index (χ3n) is 4.47. The van der Waals surface area contributed by atoms with Crippen molar-refractivity contribution in [2.45, 2.75) is 26.8 Å². The van der Waals surface area contributed by atoms with Gasteiger partial charge in [-0.25, -0.2) is 4.98 Å². The summed E-state index contributed by atoms with van der Waals surface area (Å²) in [6.45, 7) is 8.91. The summed E-state index contributed by atoms with van der Waals surface area (Å²) in [5.74, 6) is 0.964. The highest BCUT2D eigenvalue weighted by atomic mass is 32.1. The Bertz CT molecular complexity index is 703. The van der Waals surface area contributed by atoms with Crippen molar-refractivity contribution in [1.29, 1.82) is 0 Å². The van der Waals surface area contributed by atoms with Gasteiger partial charge in [-0.1, -0.05) is 0 Å².